The van der Waals surface area contributed by atoms with E-state index >= 15 is 0 Å². The lowest BCUT2D eigenvalue weighted by Crippen LogP contribution is -1.97. The summed E-state index contributed by atoms with van der Waals surface area (Å²) in [5, 5.41) is 10.3. The maximum atomic E-state index is 10.3. The normalized spacial score (nSPS) is 10.6. The number of nitriles is 1. The largest absolute Gasteiger partial charge is 0.259 e. The number of aromatic nitrogens is 2. The van der Waals surface area contributed by atoms with Crippen molar-refractivity contribution in [3.05, 3.63) is 175 Å². The molecule has 0 aliphatic carbocycles. The first-order valence-corrected chi connectivity index (χ1v) is 14.9. The molecule has 0 spiro atoms. The zero-order valence-electron chi connectivity index (χ0n) is 24.8. The van der Waals surface area contributed by atoms with Gasteiger partial charge in [0.2, 0.25) is 5.69 Å². The summed E-state index contributed by atoms with van der Waals surface area (Å²) in [7, 11) is 0. The van der Waals surface area contributed by atoms with E-state index in [9.17, 15) is 5.26 Å². The minimum atomic E-state index is 0.529. The van der Waals surface area contributed by atoms with Crippen molar-refractivity contribution in [3.63, 3.8) is 0 Å². The Morgan fingerprint density at radius 2 is 0.848 bits per heavy atom. The van der Waals surface area contributed by atoms with E-state index in [1.807, 2.05) is 158 Å². The second kappa shape index (κ2) is 12.5. The minimum Gasteiger partial charge on any atom is -0.259 e. The maximum absolute atomic E-state index is 10.3. The molecule has 0 saturated heterocycles. The zero-order chi connectivity index (χ0) is 31.3. The molecule has 0 fully saturated rings. The van der Waals surface area contributed by atoms with Crippen LogP contribution in [-0.4, -0.2) is 9.97 Å². The Morgan fingerprint density at radius 1 is 0.457 bits per heavy atom. The molecule has 4 nitrogen and oxygen atoms in total. The first-order valence-electron chi connectivity index (χ1n) is 14.9. The summed E-state index contributed by atoms with van der Waals surface area (Å²) in [6.45, 7) is 8.07. The van der Waals surface area contributed by atoms with Gasteiger partial charge in [0.25, 0.3) is 0 Å². The predicted octanol–water partition coefficient (Wildman–Crippen LogP) is 10.9. The second-order valence-electron chi connectivity index (χ2n) is 10.8. The molecule has 2 heterocycles. The fourth-order valence-corrected chi connectivity index (χ4v) is 5.70. The van der Waals surface area contributed by atoms with E-state index in [2.05, 4.69) is 10.9 Å². The van der Waals surface area contributed by atoms with Gasteiger partial charge < -0.3 is 0 Å². The summed E-state index contributed by atoms with van der Waals surface area (Å²) < 4.78 is 0. The standard InChI is InChI=1S/C42H26N4/c1-44-42-36(30-16-8-3-9-17-30)27-39(46-41(42)34-20-12-5-13-21-34)32-24-22-31(23-25-32)38-26-35(29-14-6-2-7-15-29)37(28-43)40(45-38)33-18-10-4-11-19-33/h2-27H. The number of hydrogen-bond acceptors (Lipinski definition) is 3. The van der Waals surface area contributed by atoms with Gasteiger partial charge in [0.1, 0.15) is 6.07 Å². The molecular weight excluding hydrogens is 560 g/mol. The summed E-state index contributed by atoms with van der Waals surface area (Å²) in [6.07, 6.45) is 0. The molecule has 2 aromatic heterocycles. The van der Waals surface area contributed by atoms with Gasteiger partial charge in [-0.05, 0) is 34.4 Å². The molecule has 5 aromatic carbocycles. The van der Waals surface area contributed by atoms with Crippen molar-refractivity contribution in [2.24, 2.45) is 0 Å². The summed E-state index contributed by atoms with van der Waals surface area (Å²) in [4.78, 5) is 14.0. The van der Waals surface area contributed by atoms with Gasteiger partial charge in [0.15, 0.2) is 0 Å². The van der Waals surface area contributed by atoms with Crippen molar-refractivity contribution in [3.8, 4) is 73.4 Å². The molecule has 0 N–H and O–H groups in total. The first-order chi connectivity index (χ1) is 22.7. The van der Waals surface area contributed by atoms with Crippen molar-refractivity contribution in [2.45, 2.75) is 0 Å². The molecule has 0 saturated carbocycles. The van der Waals surface area contributed by atoms with Crippen LogP contribution in [0.4, 0.5) is 5.69 Å². The molecule has 0 amide bonds. The number of benzene rings is 5. The SMILES string of the molecule is [C-]#[N+]c1c(-c2ccccc2)cc(-c2ccc(-c3cc(-c4ccccc4)c(C#N)c(-c4ccccc4)n3)cc2)nc1-c1ccccc1. The van der Waals surface area contributed by atoms with E-state index in [0.717, 1.165) is 55.9 Å². The molecule has 0 aliphatic rings. The van der Waals surface area contributed by atoms with E-state index < -0.39 is 0 Å². The second-order valence-corrected chi connectivity index (χ2v) is 10.8. The molecule has 0 bridgehead atoms. The van der Waals surface area contributed by atoms with Crippen molar-refractivity contribution in [1.29, 1.82) is 5.26 Å². The van der Waals surface area contributed by atoms with Gasteiger partial charge in [-0.3, -0.25) is 4.98 Å². The molecular formula is C42H26N4. The van der Waals surface area contributed by atoms with Crippen LogP contribution in [0.2, 0.25) is 0 Å². The lowest BCUT2D eigenvalue weighted by Gasteiger charge is -2.15. The summed E-state index contributed by atoms with van der Waals surface area (Å²) >= 11 is 0. The van der Waals surface area contributed by atoms with Crippen LogP contribution in [0.5, 0.6) is 0 Å². The number of nitrogens with zero attached hydrogens (tertiary/aromatic N) is 4. The third-order valence-corrected chi connectivity index (χ3v) is 7.98. The van der Waals surface area contributed by atoms with Gasteiger partial charge in [0.05, 0.1) is 34.9 Å². The average Bonchev–Trinajstić information content (AvgIpc) is 3.15. The summed E-state index contributed by atoms with van der Waals surface area (Å²) in [5.74, 6) is 0. The highest BCUT2D eigenvalue weighted by atomic mass is 14.8. The van der Waals surface area contributed by atoms with Gasteiger partial charge >= 0.3 is 0 Å². The fourth-order valence-electron chi connectivity index (χ4n) is 5.70. The van der Waals surface area contributed by atoms with E-state index in [1.165, 1.54) is 0 Å². The van der Waals surface area contributed by atoms with Crippen molar-refractivity contribution in [2.75, 3.05) is 0 Å². The van der Waals surface area contributed by atoms with Crippen LogP contribution < -0.4 is 0 Å². The Labute approximate surface area is 268 Å². The van der Waals surface area contributed by atoms with E-state index in [0.29, 0.717) is 22.6 Å². The average molecular weight is 587 g/mol. The van der Waals surface area contributed by atoms with Gasteiger partial charge in [-0.2, -0.15) is 5.26 Å². The Kier molecular flexibility index (Phi) is 7.68. The van der Waals surface area contributed by atoms with E-state index in [-0.39, 0.29) is 0 Å². The van der Waals surface area contributed by atoms with Crippen LogP contribution in [0.25, 0.3) is 72.1 Å². The molecule has 7 aromatic rings. The Balaban J connectivity index is 1.37. The maximum Gasteiger partial charge on any atom is 0.220 e. The Morgan fingerprint density at radius 3 is 1.30 bits per heavy atom. The summed E-state index contributed by atoms with van der Waals surface area (Å²) in [5.41, 5.74) is 11.2. The van der Waals surface area contributed by atoms with E-state index in [4.69, 9.17) is 16.5 Å². The topological polar surface area (TPSA) is 53.9 Å². The van der Waals surface area contributed by atoms with Crippen molar-refractivity contribution < 1.29 is 0 Å². The third-order valence-electron chi connectivity index (χ3n) is 7.98. The van der Waals surface area contributed by atoms with Gasteiger partial charge in [-0.1, -0.05) is 146 Å². The number of hydrogen-bond donors (Lipinski definition) is 0. The van der Waals surface area contributed by atoms with Crippen LogP contribution in [0.1, 0.15) is 5.56 Å². The Bertz CT molecular complexity index is 1950. The third kappa shape index (κ3) is 5.44. The van der Waals surface area contributed by atoms with Crippen molar-refractivity contribution in [1.82, 2.24) is 9.97 Å². The quantitative estimate of drug-likeness (QED) is 0.182. The zero-order valence-corrected chi connectivity index (χ0v) is 24.8. The minimum absolute atomic E-state index is 0.529. The summed E-state index contributed by atoms with van der Waals surface area (Å²) in [6, 6.07) is 54.3. The van der Waals surface area contributed by atoms with Gasteiger partial charge in [-0.15, -0.1) is 0 Å². The highest BCUT2D eigenvalue weighted by Gasteiger charge is 2.19. The lowest BCUT2D eigenvalue weighted by atomic mass is 9.94. The monoisotopic (exact) mass is 586 g/mol. The van der Waals surface area contributed by atoms with E-state index in [1.54, 1.807) is 0 Å². The smallest absolute Gasteiger partial charge is 0.220 e. The first kappa shape index (κ1) is 28.2. The molecule has 46 heavy (non-hydrogen) atoms. The molecule has 7 rings (SSSR count). The van der Waals surface area contributed by atoms with Crippen LogP contribution in [0.3, 0.4) is 0 Å². The predicted molar refractivity (Wildman–Crippen MR) is 186 cm³/mol. The molecule has 0 atom stereocenters. The van der Waals surface area contributed by atoms with Crippen LogP contribution in [0.15, 0.2) is 158 Å². The number of pyridine rings is 2. The van der Waals surface area contributed by atoms with Crippen LogP contribution in [0, 0.1) is 17.9 Å². The van der Waals surface area contributed by atoms with Gasteiger partial charge in [0, 0.05) is 22.3 Å². The molecule has 0 radical (unpaired) electrons. The highest BCUT2D eigenvalue weighted by Crippen LogP contribution is 2.41. The van der Waals surface area contributed by atoms with Crippen molar-refractivity contribution >= 4 is 5.69 Å². The Hall–Kier alpha value is -6.62. The van der Waals surface area contributed by atoms with Gasteiger partial charge in [-0.25, -0.2) is 9.83 Å². The molecule has 4 heteroatoms. The molecule has 214 valence electrons. The number of rotatable bonds is 6. The highest BCUT2D eigenvalue weighted by molar-refractivity contribution is 5.92. The van der Waals surface area contributed by atoms with Crippen LogP contribution >= 0.6 is 0 Å². The molecule has 0 unspecified atom stereocenters. The molecule has 0 aliphatic heterocycles. The van der Waals surface area contributed by atoms with Crippen LogP contribution in [-0.2, 0) is 0 Å². The fraction of sp³-hybridized carbons (Fsp3) is 0. The lowest BCUT2D eigenvalue weighted by molar-refractivity contribution is 1.30.